The van der Waals surface area contributed by atoms with Gasteiger partial charge in [-0.2, -0.15) is 4.39 Å². The van der Waals surface area contributed by atoms with Crippen LogP contribution in [0.1, 0.15) is 24.4 Å². The molecule has 2 aliphatic heterocycles. The third-order valence-corrected chi connectivity index (χ3v) is 6.94. The molecule has 2 aliphatic rings. The lowest BCUT2D eigenvalue weighted by Crippen LogP contribution is -2.40. The van der Waals surface area contributed by atoms with Gasteiger partial charge in [-0.25, -0.2) is 18.5 Å². The molecule has 2 atom stereocenters. The molecule has 30 heavy (non-hydrogen) atoms. The Kier molecular flexibility index (Phi) is 6.91. The number of hydrogen-bond acceptors (Lipinski definition) is 6. The van der Waals surface area contributed by atoms with E-state index in [1.54, 1.807) is 6.26 Å². The minimum Gasteiger partial charge on any atom is -0.377 e. The second-order valence-electron chi connectivity index (χ2n) is 7.73. The van der Waals surface area contributed by atoms with E-state index in [0.29, 0.717) is 38.0 Å². The number of halogens is 1. The second kappa shape index (κ2) is 9.80. The third kappa shape index (κ3) is 4.79. The lowest BCUT2D eigenvalue weighted by Gasteiger charge is -2.37. The predicted octanol–water partition coefficient (Wildman–Crippen LogP) is 2.61. The molecule has 1 N–H and O–H groups in total. The number of nitrogens with zero attached hydrogens (tertiary/aromatic N) is 4. The van der Waals surface area contributed by atoms with E-state index < -0.39 is 16.8 Å². The normalized spacial score (nSPS) is 22.1. The molecule has 0 amide bonds. The third-order valence-electron chi connectivity index (χ3n) is 5.85. The van der Waals surface area contributed by atoms with Crippen LogP contribution in [-0.2, 0) is 15.7 Å². The van der Waals surface area contributed by atoms with Crippen molar-refractivity contribution in [3.05, 3.63) is 48.0 Å². The minimum atomic E-state index is -0.919. The molecule has 0 aliphatic carbocycles. The van der Waals surface area contributed by atoms with Crippen molar-refractivity contribution in [2.75, 3.05) is 55.9 Å². The minimum absolute atomic E-state index is 0.0866. The van der Waals surface area contributed by atoms with E-state index in [-0.39, 0.29) is 11.9 Å². The standard InChI is InChI=1S/C21H28FN5O2S/c1-30(28)26-9-7-16(8-10-26)13-23-20-19(22)21(25-15-24-20)27-11-12-29-14-18(27)17-5-3-2-4-6-17/h2-6,15-16,18H,7-14H2,1H3,(H,23,24,25). The Bertz CT molecular complexity index is 864. The molecule has 2 unspecified atom stereocenters. The summed E-state index contributed by atoms with van der Waals surface area (Å²) in [6.07, 6.45) is 5.00. The van der Waals surface area contributed by atoms with Crippen molar-refractivity contribution in [3.63, 3.8) is 0 Å². The van der Waals surface area contributed by atoms with Gasteiger partial charge in [0.05, 0.1) is 30.2 Å². The number of rotatable bonds is 6. The topological polar surface area (TPSA) is 70.6 Å². The molecule has 4 rings (SSSR count). The van der Waals surface area contributed by atoms with Crippen LogP contribution in [0, 0.1) is 11.7 Å². The van der Waals surface area contributed by atoms with E-state index in [9.17, 15) is 4.21 Å². The lowest BCUT2D eigenvalue weighted by molar-refractivity contribution is 0.0933. The molecule has 9 heteroatoms. The van der Waals surface area contributed by atoms with E-state index in [1.165, 1.54) is 6.33 Å². The average Bonchev–Trinajstić information content (AvgIpc) is 2.79. The summed E-state index contributed by atoms with van der Waals surface area (Å²) in [5, 5.41) is 3.18. The Labute approximate surface area is 179 Å². The molecular weight excluding hydrogens is 405 g/mol. The molecular formula is C21H28FN5O2S. The molecule has 162 valence electrons. The van der Waals surface area contributed by atoms with Gasteiger partial charge in [-0.3, -0.25) is 0 Å². The van der Waals surface area contributed by atoms with Crippen LogP contribution in [0.15, 0.2) is 36.7 Å². The Morgan fingerprint density at radius 1 is 1.20 bits per heavy atom. The van der Waals surface area contributed by atoms with Gasteiger partial charge in [0, 0.05) is 32.4 Å². The summed E-state index contributed by atoms with van der Waals surface area (Å²) in [4.78, 5) is 10.4. The van der Waals surface area contributed by atoms with Crippen LogP contribution < -0.4 is 10.2 Å². The van der Waals surface area contributed by atoms with Crippen LogP contribution >= 0.6 is 0 Å². The van der Waals surface area contributed by atoms with Gasteiger partial charge in [0.1, 0.15) is 6.33 Å². The van der Waals surface area contributed by atoms with Crippen molar-refractivity contribution >= 4 is 22.6 Å². The van der Waals surface area contributed by atoms with E-state index in [0.717, 1.165) is 31.5 Å². The van der Waals surface area contributed by atoms with E-state index in [2.05, 4.69) is 15.3 Å². The van der Waals surface area contributed by atoms with Crippen molar-refractivity contribution in [2.24, 2.45) is 5.92 Å². The monoisotopic (exact) mass is 433 g/mol. The molecule has 1 aromatic carbocycles. The fourth-order valence-electron chi connectivity index (χ4n) is 4.10. The van der Waals surface area contributed by atoms with Crippen molar-refractivity contribution in [1.82, 2.24) is 14.3 Å². The summed E-state index contributed by atoms with van der Waals surface area (Å²) >= 11 is 0. The molecule has 7 nitrogen and oxygen atoms in total. The summed E-state index contributed by atoms with van der Waals surface area (Å²) in [6, 6.07) is 9.89. The quantitative estimate of drug-likeness (QED) is 0.755. The van der Waals surface area contributed by atoms with Gasteiger partial charge in [0.25, 0.3) is 0 Å². The van der Waals surface area contributed by atoms with Crippen LogP contribution in [0.2, 0.25) is 0 Å². The highest BCUT2D eigenvalue weighted by Crippen LogP contribution is 2.32. The van der Waals surface area contributed by atoms with Crippen molar-refractivity contribution in [1.29, 1.82) is 0 Å². The van der Waals surface area contributed by atoms with Crippen LogP contribution in [0.5, 0.6) is 0 Å². The number of benzene rings is 1. The van der Waals surface area contributed by atoms with Crippen molar-refractivity contribution < 1.29 is 13.3 Å². The number of nitrogens with one attached hydrogen (secondary N) is 1. The molecule has 0 bridgehead atoms. The van der Waals surface area contributed by atoms with Gasteiger partial charge < -0.3 is 15.0 Å². The molecule has 2 aromatic rings. The first-order valence-corrected chi connectivity index (χ1v) is 11.9. The van der Waals surface area contributed by atoms with E-state index >= 15 is 4.39 Å². The second-order valence-corrected chi connectivity index (χ2v) is 9.10. The first-order valence-electron chi connectivity index (χ1n) is 10.4. The summed E-state index contributed by atoms with van der Waals surface area (Å²) < 4.78 is 34.6. The van der Waals surface area contributed by atoms with Crippen LogP contribution in [0.3, 0.4) is 0 Å². The zero-order chi connectivity index (χ0) is 20.9. The summed E-state index contributed by atoms with van der Waals surface area (Å²) in [6.45, 7) is 3.85. The van der Waals surface area contributed by atoms with Gasteiger partial charge in [-0.15, -0.1) is 0 Å². The molecule has 3 heterocycles. The SMILES string of the molecule is CS(=O)N1CCC(CNc2ncnc(N3CCOCC3c3ccccc3)c2F)CC1. The smallest absolute Gasteiger partial charge is 0.207 e. The number of morpholine rings is 1. The number of piperidine rings is 1. The Balaban J connectivity index is 1.45. The predicted molar refractivity (Wildman–Crippen MR) is 116 cm³/mol. The highest BCUT2D eigenvalue weighted by Gasteiger charge is 2.29. The van der Waals surface area contributed by atoms with Gasteiger partial charge in [0.15, 0.2) is 11.6 Å². The van der Waals surface area contributed by atoms with Crippen LogP contribution in [0.25, 0.3) is 0 Å². The largest absolute Gasteiger partial charge is 0.377 e. The Morgan fingerprint density at radius 3 is 2.70 bits per heavy atom. The van der Waals surface area contributed by atoms with Gasteiger partial charge >= 0.3 is 0 Å². The number of ether oxygens (including phenoxy) is 1. The van der Waals surface area contributed by atoms with E-state index in [1.807, 2.05) is 39.5 Å². The zero-order valence-electron chi connectivity index (χ0n) is 17.2. The Hall–Kier alpha value is -2.10. The summed E-state index contributed by atoms with van der Waals surface area (Å²) in [7, 11) is -0.919. The molecule has 0 radical (unpaired) electrons. The average molecular weight is 434 g/mol. The first kappa shape index (κ1) is 21.1. The number of aromatic nitrogens is 2. The highest BCUT2D eigenvalue weighted by atomic mass is 32.2. The first-order chi connectivity index (χ1) is 14.6. The lowest BCUT2D eigenvalue weighted by atomic mass is 9.98. The van der Waals surface area contributed by atoms with Gasteiger partial charge in [-0.1, -0.05) is 30.3 Å². The summed E-state index contributed by atoms with van der Waals surface area (Å²) in [5.74, 6) is 0.524. The molecule has 0 spiro atoms. The number of anilines is 2. The maximum Gasteiger partial charge on any atom is 0.207 e. The maximum atomic E-state index is 15.3. The van der Waals surface area contributed by atoms with Crippen LogP contribution in [-0.4, -0.2) is 64.1 Å². The number of hydrogen-bond donors (Lipinski definition) is 1. The van der Waals surface area contributed by atoms with Gasteiger partial charge in [-0.05, 0) is 24.3 Å². The molecule has 1 aromatic heterocycles. The highest BCUT2D eigenvalue weighted by molar-refractivity contribution is 7.81. The fourth-order valence-corrected chi connectivity index (χ4v) is 4.83. The Morgan fingerprint density at radius 2 is 1.97 bits per heavy atom. The summed E-state index contributed by atoms with van der Waals surface area (Å²) in [5.41, 5.74) is 1.07. The molecule has 2 fully saturated rings. The van der Waals surface area contributed by atoms with Crippen LogP contribution in [0.4, 0.5) is 16.0 Å². The van der Waals surface area contributed by atoms with Crippen molar-refractivity contribution in [2.45, 2.75) is 18.9 Å². The maximum absolute atomic E-state index is 15.3. The van der Waals surface area contributed by atoms with Gasteiger partial charge in [0.2, 0.25) is 5.82 Å². The molecule has 0 saturated carbocycles. The fraction of sp³-hybridized carbons (Fsp3) is 0.524. The molecule has 2 saturated heterocycles. The van der Waals surface area contributed by atoms with Crippen molar-refractivity contribution in [3.8, 4) is 0 Å². The van der Waals surface area contributed by atoms with E-state index in [4.69, 9.17) is 4.74 Å². The zero-order valence-corrected chi connectivity index (χ0v) is 18.0.